The molecule has 0 N–H and O–H groups in total. The summed E-state index contributed by atoms with van der Waals surface area (Å²) >= 11 is 4.34. The second-order valence-electron chi connectivity index (χ2n) is 2.16. The van der Waals surface area contributed by atoms with Crippen LogP contribution >= 0.6 is 27.3 Å². The number of hydrogen-bond acceptors (Lipinski definition) is 4. The molecule has 0 unspecified atom stereocenters. The summed E-state index contributed by atoms with van der Waals surface area (Å²) in [5, 5.41) is 0. The van der Waals surface area contributed by atoms with Gasteiger partial charge in [-0.1, -0.05) is 4.47 Å². The predicted molar refractivity (Wildman–Crippen MR) is 54.0 cm³/mol. The van der Waals surface area contributed by atoms with Gasteiger partial charge in [-0.2, -0.15) is 0 Å². The molecule has 0 spiro atoms. The number of halogens is 1. The van der Waals surface area contributed by atoms with E-state index in [-0.39, 0.29) is 4.21 Å². The number of rotatable bonds is 3. The average molecular weight is 286 g/mol. The van der Waals surface area contributed by atoms with E-state index in [4.69, 9.17) is 0 Å². The average Bonchev–Trinajstić information content (AvgIpc) is 2.50. The van der Waals surface area contributed by atoms with Crippen molar-refractivity contribution in [1.29, 1.82) is 0 Å². The highest BCUT2D eigenvalue weighted by Gasteiger charge is 2.22. The third kappa shape index (κ3) is 2.29. The first-order valence-corrected chi connectivity index (χ1v) is 6.32. The van der Waals surface area contributed by atoms with Crippen molar-refractivity contribution >= 4 is 37.3 Å². The third-order valence-electron chi connectivity index (χ3n) is 1.40. The molecule has 0 bridgehead atoms. The highest BCUT2D eigenvalue weighted by atomic mass is 79.9. The SMILES string of the molecule is CON(C)S(=O)(=O)c1ccc(Br)s1. The van der Waals surface area contributed by atoms with Crippen molar-refractivity contribution in [3.63, 3.8) is 0 Å². The van der Waals surface area contributed by atoms with Crippen LogP contribution in [0.15, 0.2) is 20.1 Å². The zero-order chi connectivity index (χ0) is 10.1. The van der Waals surface area contributed by atoms with Crippen LogP contribution in [0.3, 0.4) is 0 Å². The molecule has 0 aliphatic rings. The summed E-state index contributed by atoms with van der Waals surface area (Å²) in [5.41, 5.74) is 0. The molecule has 1 heterocycles. The fourth-order valence-corrected chi connectivity index (χ4v) is 3.80. The summed E-state index contributed by atoms with van der Waals surface area (Å²) in [5.74, 6) is 0. The normalized spacial score (nSPS) is 12.3. The van der Waals surface area contributed by atoms with E-state index >= 15 is 0 Å². The van der Waals surface area contributed by atoms with Gasteiger partial charge in [-0.3, -0.25) is 4.84 Å². The van der Waals surface area contributed by atoms with Crippen molar-refractivity contribution in [1.82, 2.24) is 4.47 Å². The smallest absolute Gasteiger partial charge is 0.274 e. The van der Waals surface area contributed by atoms with E-state index < -0.39 is 10.0 Å². The fraction of sp³-hybridized carbons (Fsp3) is 0.333. The molecular weight excluding hydrogens is 278 g/mol. The Morgan fingerprint density at radius 2 is 2.15 bits per heavy atom. The standard InChI is InChI=1S/C6H8BrNO3S2/c1-8(11-2)13(9,10)6-4-3-5(7)12-6/h3-4H,1-2H3. The van der Waals surface area contributed by atoms with Crippen LogP contribution in [-0.4, -0.2) is 27.0 Å². The molecule has 4 nitrogen and oxygen atoms in total. The van der Waals surface area contributed by atoms with Crippen LogP contribution in [0.2, 0.25) is 0 Å². The molecule has 1 aromatic heterocycles. The Hall–Kier alpha value is 0.0500. The molecule has 13 heavy (non-hydrogen) atoms. The molecule has 0 aliphatic heterocycles. The summed E-state index contributed by atoms with van der Waals surface area (Å²) in [7, 11) is -0.813. The molecule has 1 aromatic rings. The maximum atomic E-state index is 11.6. The molecule has 0 aromatic carbocycles. The van der Waals surface area contributed by atoms with Crippen molar-refractivity contribution in [3.8, 4) is 0 Å². The van der Waals surface area contributed by atoms with Gasteiger partial charge in [-0.15, -0.1) is 11.3 Å². The van der Waals surface area contributed by atoms with Gasteiger partial charge in [-0.25, -0.2) is 8.42 Å². The van der Waals surface area contributed by atoms with Gasteiger partial charge in [0.25, 0.3) is 10.0 Å². The van der Waals surface area contributed by atoms with Crippen molar-refractivity contribution in [2.24, 2.45) is 0 Å². The Morgan fingerprint density at radius 1 is 1.54 bits per heavy atom. The minimum Gasteiger partial charge on any atom is -0.288 e. The van der Waals surface area contributed by atoms with Crippen LogP contribution in [0.25, 0.3) is 0 Å². The Kier molecular flexibility index (Phi) is 3.47. The minimum atomic E-state index is -3.47. The van der Waals surface area contributed by atoms with Crippen LogP contribution < -0.4 is 0 Å². The van der Waals surface area contributed by atoms with Gasteiger partial charge >= 0.3 is 0 Å². The molecule has 0 radical (unpaired) electrons. The predicted octanol–water partition coefficient (Wildman–Crippen LogP) is 1.69. The first kappa shape index (κ1) is 11.1. The van der Waals surface area contributed by atoms with E-state index in [0.717, 1.165) is 19.6 Å². The van der Waals surface area contributed by atoms with Gasteiger partial charge in [0, 0.05) is 7.05 Å². The fourth-order valence-electron chi connectivity index (χ4n) is 0.661. The summed E-state index contributed by atoms with van der Waals surface area (Å²) in [4.78, 5) is 4.62. The first-order valence-electron chi connectivity index (χ1n) is 3.27. The Bertz CT molecular complexity index is 386. The number of sulfonamides is 1. The van der Waals surface area contributed by atoms with Crippen molar-refractivity contribution in [2.45, 2.75) is 4.21 Å². The van der Waals surface area contributed by atoms with Crippen molar-refractivity contribution in [3.05, 3.63) is 15.9 Å². The molecule has 0 aliphatic carbocycles. The van der Waals surface area contributed by atoms with Gasteiger partial charge in [0.2, 0.25) is 0 Å². The summed E-state index contributed by atoms with van der Waals surface area (Å²) in [6.07, 6.45) is 0. The van der Waals surface area contributed by atoms with Gasteiger partial charge in [-0.05, 0) is 28.1 Å². The zero-order valence-corrected chi connectivity index (χ0v) is 10.2. The molecule has 1 rings (SSSR count). The highest BCUT2D eigenvalue weighted by molar-refractivity contribution is 9.11. The number of hydrogen-bond donors (Lipinski definition) is 0. The second-order valence-corrected chi connectivity index (χ2v) is 6.78. The van der Waals surface area contributed by atoms with E-state index in [9.17, 15) is 8.42 Å². The summed E-state index contributed by atoms with van der Waals surface area (Å²) in [6.45, 7) is 0. The summed E-state index contributed by atoms with van der Waals surface area (Å²) in [6, 6.07) is 3.21. The number of nitrogens with zero attached hydrogens (tertiary/aromatic N) is 1. The number of hydroxylamine groups is 1. The van der Waals surface area contributed by atoms with Crippen LogP contribution in [0.4, 0.5) is 0 Å². The lowest BCUT2D eigenvalue weighted by atomic mass is 10.7. The van der Waals surface area contributed by atoms with Crippen LogP contribution in [0, 0.1) is 0 Å². The molecule has 0 fully saturated rings. The summed E-state index contributed by atoms with van der Waals surface area (Å²) < 4.78 is 25.0. The van der Waals surface area contributed by atoms with E-state index in [1.54, 1.807) is 6.07 Å². The molecule has 0 amide bonds. The number of thiophene rings is 1. The van der Waals surface area contributed by atoms with Crippen LogP contribution in [0.1, 0.15) is 0 Å². The molecule has 7 heteroatoms. The van der Waals surface area contributed by atoms with E-state index in [1.165, 1.54) is 20.2 Å². The van der Waals surface area contributed by atoms with Gasteiger partial charge in [0.05, 0.1) is 10.9 Å². The first-order chi connectivity index (χ1) is 5.98. The Balaban J connectivity index is 3.08. The van der Waals surface area contributed by atoms with Gasteiger partial charge in [0.1, 0.15) is 4.21 Å². The highest BCUT2D eigenvalue weighted by Crippen LogP contribution is 2.27. The van der Waals surface area contributed by atoms with E-state index in [0.29, 0.717) is 0 Å². The Morgan fingerprint density at radius 3 is 2.54 bits per heavy atom. The lowest BCUT2D eigenvalue weighted by molar-refractivity contribution is -0.0256. The molecular formula is C6H8BrNO3S2. The van der Waals surface area contributed by atoms with Crippen molar-refractivity contribution < 1.29 is 13.3 Å². The lowest BCUT2D eigenvalue weighted by Gasteiger charge is -2.11. The molecule has 0 saturated carbocycles. The van der Waals surface area contributed by atoms with Gasteiger partial charge < -0.3 is 0 Å². The van der Waals surface area contributed by atoms with Gasteiger partial charge in [0.15, 0.2) is 0 Å². The monoisotopic (exact) mass is 285 g/mol. The Labute approximate surface area is 89.3 Å². The minimum absolute atomic E-state index is 0.253. The van der Waals surface area contributed by atoms with Crippen LogP contribution in [-0.2, 0) is 14.9 Å². The maximum absolute atomic E-state index is 11.6. The second kappa shape index (κ2) is 4.05. The largest absolute Gasteiger partial charge is 0.288 e. The maximum Gasteiger partial charge on any atom is 0.274 e. The lowest BCUT2D eigenvalue weighted by Crippen LogP contribution is -2.24. The molecule has 0 saturated heterocycles. The third-order valence-corrected chi connectivity index (χ3v) is 5.17. The topological polar surface area (TPSA) is 46.6 Å². The zero-order valence-electron chi connectivity index (χ0n) is 7.02. The van der Waals surface area contributed by atoms with E-state index in [2.05, 4.69) is 20.8 Å². The van der Waals surface area contributed by atoms with Crippen molar-refractivity contribution in [2.75, 3.05) is 14.2 Å². The molecule has 0 atom stereocenters. The van der Waals surface area contributed by atoms with Crippen LogP contribution in [0.5, 0.6) is 0 Å². The van der Waals surface area contributed by atoms with E-state index in [1.807, 2.05) is 0 Å². The quantitative estimate of drug-likeness (QED) is 0.794. The molecule has 74 valence electrons.